The van der Waals surface area contributed by atoms with E-state index >= 15 is 0 Å². The van der Waals surface area contributed by atoms with Crippen molar-refractivity contribution in [2.45, 2.75) is 25.0 Å². The van der Waals surface area contributed by atoms with E-state index in [0.29, 0.717) is 27.9 Å². The molecule has 0 bridgehead atoms. The molecule has 0 aliphatic rings. The fourth-order valence-electron chi connectivity index (χ4n) is 5.71. The van der Waals surface area contributed by atoms with Crippen LogP contribution in [0.3, 0.4) is 0 Å². The summed E-state index contributed by atoms with van der Waals surface area (Å²) in [6, 6.07) is 50.3. The molecular weight excluding hydrogens is 621 g/mol. The first-order valence-corrected chi connectivity index (χ1v) is 17.2. The lowest BCUT2D eigenvalue weighted by Crippen LogP contribution is -2.38. The summed E-state index contributed by atoms with van der Waals surface area (Å²) >= 11 is 2.50. The Kier molecular flexibility index (Phi) is 10.3. The number of ether oxygens (including phenoxy) is 1. The van der Waals surface area contributed by atoms with Crippen molar-refractivity contribution in [2.75, 3.05) is 11.1 Å². The molecular formula is C40H34N2O3S2. The molecule has 1 aromatic heterocycles. The van der Waals surface area contributed by atoms with E-state index in [1.54, 1.807) is 6.92 Å². The summed E-state index contributed by atoms with van der Waals surface area (Å²) in [6.07, 6.45) is -0.164. The van der Waals surface area contributed by atoms with E-state index in [-0.39, 0.29) is 5.12 Å². The zero-order valence-electron chi connectivity index (χ0n) is 25.9. The molecule has 47 heavy (non-hydrogen) atoms. The van der Waals surface area contributed by atoms with Crippen molar-refractivity contribution in [3.63, 3.8) is 0 Å². The van der Waals surface area contributed by atoms with Crippen molar-refractivity contribution >= 4 is 39.3 Å². The van der Waals surface area contributed by atoms with Crippen LogP contribution in [0.15, 0.2) is 152 Å². The third kappa shape index (κ3) is 7.38. The molecule has 5 aromatic carbocycles. The summed E-state index contributed by atoms with van der Waals surface area (Å²) in [5, 5.41) is 4.40. The van der Waals surface area contributed by atoms with Crippen molar-refractivity contribution in [1.29, 1.82) is 0 Å². The molecule has 7 heteroatoms. The van der Waals surface area contributed by atoms with Gasteiger partial charge in [-0.05, 0) is 27.8 Å². The molecule has 0 aliphatic carbocycles. The summed E-state index contributed by atoms with van der Waals surface area (Å²) < 4.78 is 6.30. The highest BCUT2D eigenvalue weighted by Crippen LogP contribution is 2.42. The number of thiazole rings is 1. The van der Waals surface area contributed by atoms with Gasteiger partial charge in [-0.1, -0.05) is 175 Å². The van der Waals surface area contributed by atoms with Gasteiger partial charge < -0.3 is 10.1 Å². The predicted molar refractivity (Wildman–Crippen MR) is 192 cm³/mol. The van der Waals surface area contributed by atoms with Crippen molar-refractivity contribution < 1.29 is 14.3 Å². The number of aryl methyl sites for hydroxylation is 1. The molecule has 0 saturated carbocycles. The van der Waals surface area contributed by atoms with Crippen LogP contribution in [-0.2, 0) is 21.5 Å². The van der Waals surface area contributed by atoms with Crippen LogP contribution in [0.5, 0.6) is 0 Å². The number of carbonyl (C=O) groups is 2. The molecule has 0 radical (unpaired) electrons. The van der Waals surface area contributed by atoms with Crippen molar-refractivity contribution in [2.24, 2.45) is 0 Å². The minimum absolute atomic E-state index is 0.0205. The maximum absolute atomic E-state index is 14.2. The highest BCUT2D eigenvalue weighted by atomic mass is 32.2. The number of nitrogens with zero attached hydrogens (tertiary/aromatic N) is 1. The number of hydrogen-bond donors (Lipinski definition) is 1. The second-order valence-electron chi connectivity index (χ2n) is 11.0. The van der Waals surface area contributed by atoms with E-state index in [1.165, 1.54) is 23.1 Å². The molecule has 0 spiro atoms. The van der Waals surface area contributed by atoms with Gasteiger partial charge in [0.1, 0.15) is 10.4 Å². The largest absolute Gasteiger partial charge is 0.448 e. The van der Waals surface area contributed by atoms with Crippen molar-refractivity contribution in [3.05, 3.63) is 190 Å². The number of carbonyl (C=O) groups excluding carboxylic acids is 2. The van der Waals surface area contributed by atoms with Gasteiger partial charge in [-0.2, -0.15) is 0 Å². The second-order valence-corrected chi connectivity index (χ2v) is 13.2. The summed E-state index contributed by atoms with van der Waals surface area (Å²) in [5.41, 5.74) is 4.61. The number of esters is 1. The molecule has 6 aromatic rings. The van der Waals surface area contributed by atoms with Crippen LogP contribution < -0.4 is 5.32 Å². The zero-order chi connectivity index (χ0) is 32.5. The van der Waals surface area contributed by atoms with E-state index in [1.807, 2.05) is 115 Å². The number of nitrogens with one attached hydrogen (secondary N) is 1. The molecule has 0 atom stereocenters. The van der Waals surface area contributed by atoms with E-state index in [9.17, 15) is 9.59 Å². The number of rotatable bonds is 12. The Labute approximate surface area is 283 Å². The summed E-state index contributed by atoms with van der Waals surface area (Å²) in [6.45, 7) is 1.55. The maximum atomic E-state index is 14.2. The van der Waals surface area contributed by atoms with Crippen LogP contribution in [0.4, 0.5) is 5.13 Å². The van der Waals surface area contributed by atoms with E-state index in [0.717, 1.165) is 27.8 Å². The number of hydrogen-bond acceptors (Lipinski definition) is 7. The normalized spacial score (nSPS) is 11.3. The molecule has 6 rings (SSSR count). The quantitative estimate of drug-likeness (QED) is 0.105. The zero-order valence-corrected chi connectivity index (χ0v) is 27.5. The summed E-state index contributed by atoms with van der Waals surface area (Å²) in [7, 11) is 0. The third-order valence-corrected chi connectivity index (χ3v) is 9.68. The molecule has 0 aliphatic heterocycles. The summed E-state index contributed by atoms with van der Waals surface area (Å²) in [5.74, 6) is 0.0432. The van der Waals surface area contributed by atoms with Crippen LogP contribution in [0, 0.1) is 0 Å². The average Bonchev–Trinajstić information content (AvgIpc) is 3.53. The molecule has 234 valence electrons. The van der Waals surface area contributed by atoms with Crippen molar-refractivity contribution in [1.82, 2.24) is 4.98 Å². The molecule has 0 amide bonds. The Morgan fingerprint density at radius 1 is 0.702 bits per heavy atom. The first-order valence-electron chi connectivity index (χ1n) is 15.4. The highest BCUT2D eigenvalue weighted by Gasteiger charge is 2.38. The molecule has 1 heterocycles. The Hall–Kier alpha value is -4.98. The minimum Gasteiger partial charge on any atom is -0.448 e. The van der Waals surface area contributed by atoms with E-state index in [2.05, 4.69) is 41.7 Å². The Morgan fingerprint density at radius 3 is 1.55 bits per heavy atom. The molecule has 0 fully saturated rings. The highest BCUT2D eigenvalue weighted by molar-refractivity contribution is 8.13. The van der Waals surface area contributed by atoms with Crippen LogP contribution in [-0.4, -0.2) is 21.8 Å². The average molecular weight is 655 g/mol. The number of benzene rings is 5. The first kappa shape index (κ1) is 32.0. The molecule has 1 N–H and O–H groups in total. The fraction of sp³-hybridized carbons (Fsp3) is 0.125. The molecule has 0 saturated heterocycles. The number of aromatic nitrogens is 1. The topological polar surface area (TPSA) is 68.3 Å². The van der Waals surface area contributed by atoms with Gasteiger partial charge >= 0.3 is 5.97 Å². The fourth-order valence-corrected chi connectivity index (χ4v) is 7.24. The van der Waals surface area contributed by atoms with Gasteiger partial charge in [-0.25, -0.2) is 9.78 Å². The maximum Gasteiger partial charge on any atom is 0.351 e. The van der Waals surface area contributed by atoms with Crippen molar-refractivity contribution in [3.8, 4) is 0 Å². The lowest BCUT2D eigenvalue weighted by Gasteiger charge is -2.36. The summed E-state index contributed by atoms with van der Waals surface area (Å²) in [4.78, 5) is 31.4. The minimum atomic E-state index is -0.815. The van der Waals surface area contributed by atoms with Gasteiger partial charge in [0.15, 0.2) is 16.4 Å². The van der Waals surface area contributed by atoms with Gasteiger partial charge in [0, 0.05) is 19.1 Å². The van der Waals surface area contributed by atoms with Crippen LogP contribution >= 0.6 is 23.1 Å². The smallest absolute Gasteiger partial charge is 0.351 e. The third-order valence-electron chi connectivity index (χ3n) is 7.87. The first-order chi connectivity index (χ1) is 23.0. The lowest BCUT2D eigenvalue weighted by atomic mass is 9.77. The SMILES string of the molecule is CC(=O)SCCc1nc(NC(c2ccccc2)(c2ccccc2)c2ccccc2)sc1C(=O)OC(c1ccccc1)c1ccccc1. The van der Waals surface area contributed by atoms with Crippen LogP contribution in [0.25, 0.3) is 0 Å². The standard InChI is InChI=1S/C40H34N2O3S2/c1-29(43)46-28-27-35-37(38(44)45-36(30-17-7-2-8-18-30)31-19-9-3-10-20-31)47-39(41-35)42-40(32-21-11-4-12-22-32,33-23-13-5-14-24-33)34-25-15-6-16-26-34/h2-26,36H,27-28H2,1H3,(H,41,42). The second kappa shape index (κ2) is 15.1. The Balaban J connectivity index is 1.44. The Morgan fingerprint density at radius 2 is 1.13 bits per heavy atom. The van der Waals surface area contributed by atoms with Crippen LogP contribution in [0.2, 0.25) is 0 Å². The Bertz CT molecular complexity index is 1760. The monoisotopic (exact) mass is 654 g/mol. The van der Waals surface area contributed by atoms with Gasteiger partial charge in [0.2, 0.25) is 0 Å². The molecule has 0 unspecified atom stereocenters. The van der Waals surface area contributed by atoms with Gasteiger partial charge in [0.25, 0.3) is 0 Å². The van der Waals surface area contributed by atoms with Gasteiger partial charge in [-0.15, -0.1) is 0 Å². The van der Waals surface area contributed by atoms with E-state index < -0.39 is 17.6 Å². The van der Waals surface area contributed by atoms with Crippen LogP contribution in [0.1, 0.15) is 56.2 Å². The predicted octanol–water partition coefficient (Wildman–Crippen LogP) is 9.32. The lowest BCUT2D eigenvalue weighted by molar-refractivity contribution is -0.109. The number of anilines is 1. The van der Waals surface area contributed by atoms with Gasteiger partial charge in [-0.3, -0.25) is 4.79 Å². The van der Waals surface area contributed by atoms with E-state index in [4.69, 9.17) is 9.72 Å². The number of thioether (sulfide) groups is 1. The molecule has 5 nitrogen and oxygen atoms in total. The van der Waals surface area contributed by atoms with Gasteiger partial charge in [0.05, 0.1) is 5.69 Å².